The topological polar surface area (TPSA) is 56.0 Å². The van der Waals surface area contributed by atoms with Crippen molar-refractivity contribution in [1.82, 2.24) is 4.98 Å². The molecule has 0 unspecified atom stereocenters. The van der Waals surface area contributed by atoms with Crippen LogP contribution in [0.2, 0.25) is 0 Å². The van der Waals surface area contributed by atoms with Gasteiger partial charge in [0, 0.05) is 12.6 Å². The molecular formula is C12H14N2O. The van der Waals surface area contributed by atoms with E-state index in [0.717, 1.165) is 5.56 Å². The van der Waals surface area contributed by atoms with Crippen molar-refractivity contribution in [2.45, 2.75) is 12.8 Å². The van der Waals surface area contributed by atoms with E-state index in [4.69, 9.17) is 5.73 Å². The van der Waals surface area contributed by atoms with Gasteiger partial charge in [-0.1, -0.05) is 12.2 Å². The van der Waals surface area contributed by atoms with Crippen LogP contribution in [-0.4, -0.2) is 10.8 Å². The van der Waals surface area contributed by atoms with Gasteiger partial charge in [0.2, 0.25) is 0 Å². The number of nitrogens with zero attached hydrogens (tertiary/aromatic N) is 1. The zero-order valence-electron chi connectivity index (χ0n) is 8.57. The second kappa shape index (κ2) is 5.10. The summed E-state index contributed by atoms with van der Waals surface area (Å²) in [4.78, 5) is 15.6. The Morgan fingerprint density at radius 3 is 2.80 bits per heavy atom. The summed E-state index contributed by atoms with van der Waals surface area (Å²) < 4.78 is 0. The molecule has 2 N–H and O–H groups in total. The Hall–Kier alpha value is -1.90. The third kappa shape index (κ3) is 2.53. The van der Waals surface area contributed by atoms with E-state index in [1.54, 1.807) is 24.4 Å². The molecule has 0 amide bonds. The number of hydrogen-bond acceptors (Lipinski definition) is 3. The lowest BCUT2D eigenvalue weighted by Crippen LogP contribution is -2.08. The summed E-state index contributed by atoms with van der Waals surface area (Å²) >= 11 is 0. The van der Waals surface area contributed by atoms with E-state index in [1.807, 2.05) is 0 Å². The van der Waals surface area contributed by atoms with E-state index in [2.05, 4.69) is 18.1 Å². The standard InChI is InChI=1S/C12H14N2O/c1-3-5-9-7-8-14-12(11(9)13)10(15)6-4-2/h3-4,7-8H,1-2,5-6,13H2. The van der Waals surface area contributed by atoms with Gasteiger partial charge in [0.1, 0.15) is 5.69 Å². The summed E-state index contributed by atoms with van der Waals surface area (Å²) in [7, 11) is 0. The van der Waals surface area contributed by atoms with E-state index in [-0.39, 0.29) is 12.2 Å². The third-order valence-corrected chi connectivity index (χ3v) is 2.04. The molecule has 0 saturated carbocycles. The Morgan fingerprint density at radius 2 is 2.20 bits per heavy atom. The Labute approximate surface area is 89.3 Å². The van der Waals surface area contributed by atoms with Crippen LogP contribution in [0, 0.1) is 0 Å². The second-order valence-electron chi connectivity index (χ2n) is 3.14. The van der Waals surface area contributed by atoms with Crippen LogP contribution in [0.5, 0.6) is 0 Å². The minimum absolute atomic E-state index is 0.103. The number of Topliss-reactive ketones (excluding diaryl/α,β-unsaturated/α-hetero) is 1. The molecule has 1 rings (SSSR count). The fraction of sp³-hybridized carbons (Fsp3) is 0.167. The number of anilines is 1. The molecule has 0 fully saturated rings. The number of aromatic nitrogens is 1. The number of nitrogen functional groups attached to an aromatic ring is 1. The first-order valence-corrected chi connectivity index (χ1v) is 4.69. The van der Waals surface area contributed by atoms with Crippen LogP contribution in [0.3, 0.4) is 0 Å². The summed E-state index contributed by atoms with van der Waals surface area (Å²) in [6.45, 7) is 7.14. The number of ketones is 1. The monoisotopic (exact) mass is 202 g/mol. The highest BCUT2D eigenvalue weighted by atomic mass is 16.1. The average Bonchev–Trinajstić information content (AvgIpc) is 2.22. The van der Waals surface area contributed by atoms with Gasteiger partial charge < -0.3 is 5.73 Å². The second-order valence-corrected chi connectivity index (χ2v) is 3.14. The SMILES string of the molecule is C=CCC(=O)c1nccc(CC=C)c1N. The highest BCUT2D eigenvalue weighted by Gasteiger charge is 2.11. The summed E-state index contributed by atoms with van der Waals surface area (Å²) in [5.41, 5.74) is 7.49. The van der Waals surface area contributed by atoms with E-state index in [1.165, 1.54) is 0 Å². The molecule has 15 heavy (non-hydrogen) atoms. The van der Waals surface area contributed by atoms with E-state index in [9.17, 15) is 4.79 Å². The zero-order valence-corrected chi connectivity index (χ0v) is 8.57. The van der Waals surface area contributed by atoms with Gasteiger partial charge in [-0.3, -0.25) is 9.78 Å². The van der Waals surface area contributed by atoms with Gasteiger partial charge in [-0.05, 0) is 18.1 Å². The molecule has 3 heteroatoms. The van der Waals surface area contributed by atoms with Crippen LogP contribution in [0.4, 0.5) is 5.69 Å². The van der Waals surface area contributed by atoms with Crippen LogP contribution < -0.4 is 5.73 Å². The van der Waals surface area contributed by atoms with Crippen molar-refractivity contribution in [2.24, 2.45) is 0 Å². The lowest BCUT2D eigenvalue weighted by atomic mass is 10.1. The van der Waals surface area contributed by atoms with Gasteiger partial charge in [0.25, 0.3) is 0 Å². The van der Waals surface area contributed by atoms with Crippen molar-refractivity contribution in [3.8, 4) is 0 Å². The maximum atomic E-state index is 11.6. The predicted octanol–water partition coefficient (Wildman–Crippen LogP) is 2.15. The van der Waals surface area contributed by atoms with E-state index in [0.29, 0.717) is 17.8 Å². The highest BCUT2D eigenvalue weighted by molar-refractivity contribution is 6.00. The molecule has 0 aliphatic carbocycles. The van der Waals surface area contributed by atoms with Gasteiger partial charge in [-0.15, -0.1) is 13.2 Å². The summed E-state index contributed by atoms with van der Waals surface area (Å²) in [5, 5.41) is 0. The molecule has 1 aromatic heterocycles. The average molecular weight is 202 g/mol. The van der Waals surface area contributed by atoms with Crippen LogP contribution in [0.25, 0.3) is 0 Å². The van der Waals surface area contributed by atoms with Crippen molar-refractivity contribution in [3.63, 3.8) is 0 Å². The molecule has 0 aromatic carbocycles. The minimum atomic E-state index is -0.103. The molecule has 0 radical (unpaired) electrons. The number of hydrogen-bond donors (Lipinski definition) is 1. The van der Waals surface area contributed by atoms with Gasteiger partial charge >= 0.3 is 0 Å². The maximum absolute atomic E-state index is 11.6. The first-order valence-electron chi connectivity index (χ1n) is 4.69. The number of nitrogens with two attached hydrogens (primary N) is 1. The minimum Gasteiger partial charge on any atom is -0.397 e. The molecule has 0 saturated heterocycles. The molecule has 78 valence electrons. The fourth-order valence-electron chi connectivity index (χ4n) is 1.30. The number of pyridine rings is 1. The van der Waals surface area contributed by atoms with Crippen molar-refractivity contribution in [3.05, 3.63) is 48.8 Å². The lowest BCUT2D eigenvalue weighted by Gasteiger charge is -2.06. The number of rotatable bonds is 5. The predicted molar refractivity (Wildman–Crippen MR) is 61.7 cm³/mol. The van der Waals surface area contributed by atoms with Crippen LogP contribution in [0.15, 0.2) is 37.6 Å². The van der Waals surface area contributed by atoms with Gasteiger partial charge in [-0.2, -0.15) is 0 Å². The van der Waals surface area contributed by atoms with Gasteiger partial charge in [-0.25, -0.2) is 0 Å². The first kappa shape index (κ1) is 11.2. The molecule has 0 spiro atoms. The fourth-order valence-corrected chi connectivity index (χ4v) is 1.30. The quantitative estimate of drug-likeness (QED) is 0.588. The van der Waals surface area contributed by atoms with E-state index >= 15 is 0 Å². The van der Waals surface area contributed by atoms with Crippen molar-refractivity contribution >= 4 is 11.5 Å². The Morgan fingerprint density at radius 1 is 1.47 bits per heavy atom. The largest absolute Gasteiger partial charge is 0.397 e. The summed E-state index contributed by atoms with van der Waals surface area (Å²) in [6, 6.07) is 1.79. The molecule has 1 aromatic rings. The Bertz CT molecular complexity index is 397. The zero-order chi connectivity index (χ0) is 11.3. The highest BCUT2D eigenvalue weighted by Crippen LogP contribution is 2.17. The normalized spacial score (nSPS) is 9.60. The van der Waals surface area contributed by atoms with Crippen molar-refractivity contribution in [2.75, 3.05) is 5.73 Å². The Balaban J connectivity index is 3.08. The number of carbonyl (C=O) groups is 1. The summed E-state index contributed by atoms with van der Waals surface area (Å²) in [5.74, 6) is -0.103. The molecule has 1 heterocycles. The number of carbonyl (C=O) groups excluding carboxylic acids is 1. The Kier molecular flexibility index (Phi) is 3.80. The van der Waals surface area contributed by atoms with Crippen molar-refractivity contribution in [1.29, 1.82) is 0 Å². The van der Waals surface area contributed by atoms with Crippen LogP contribution >= 0.6 is 0 Å². The van der Waals surface area contributed by atoms with Gasteiger partial charge in [0.15, 0.2) is 5.78 Å². The molecule has 3 nitrogen and oxygen atoms in total. The summed E-state index contributed by atoms with van der Waals surface area (Å²) in [6.07, 6.45) is 5.78. The van der Waals surface area contributed by atoms with Crippen LogP contribution in [-0.2, 0) is 6.42 Å². The number of allylic oxidation sites excluding steroid dienone is 2. The maximum Gasteiger partial charge on any atom is 0.187 e. The molecule has 0 aliphatic heterocycles. The van der Waals surface area contributed by atoms with Crippen molar-refractivity contribution < 1.29 is 4.79 Å². The lowest BCUT2D eigenvalue weighted by molar-refractivity contribution is 0.0992. The third-order valence-electron chi connectivity index (χ3n) is 2.04. The molecule has 0 bridgehead atoms. The molecule has 0 atom stereocenters. The van der Waals surface area contributed by atoms with E-state index < -0.39 is 0 Å². The molecule has 0 aliphatic rings. The smallest absolute Gasteiger partial charge is 0.187 e. The first-order chi connectivity index (χ1) is 7.20. The van der Waals surface area contributed by atoms with Gasteiger partial charge in [0.05, 0.1) is 5.69 Å². The molecular weight excluding hydrogens is 188 g/mol. The van der Waals surface area contributed by atoms with Crippen LogP contribution in [0.1, 0.15) is 22.5 Å².